The van der Waals surface area contributed by atoms with E-state index in [4.69, 9.17) is 14.3 Å². The molecular formula is C22H20FNO3. The lowest BCUT2D eigenvalue weighted by Crippen LogP contribution is -1.98. The van der Waals surface area contributed by atoms with E-state index in [0.29, 0.717) is 23.7 Å². The van der Waals surface area contributed by atoms with E-state index in [-0.39, 0.29) is 12.4 Å². The second kappa shape index (κ2) is 9.38. The summed E-state index contributed by atoms with van der Waals surface area (Å²) >= 11 is 0. The van der Waals surface area contributed by atoms with Crippen LogP contribution in [0.3, 0.4) is 0 Å². The molecule has 0 unspecified atom stereocenters. The standard InChI is InChI=1S/C22H20FNO3/c1-25-22-13-18(14-24-27-16-19-9-5-6-10-20(19)23)11-12-21(22)26-15-17-7-3-2-4-8-17/h2-14H,15-16H2,1H3/b24-14-. The zero-order valence-corrected chi connectivity index (χ0v) is 15.0. The molecule has 0 spiro atoms. The summed E-state index contributed by atoms with van der Waals surface area (Å²) in [6, 6.07) is 21.8. The maximum absolute atomic E-state index is 13.5. The van der Waals surface area contributed by atoms with Crippen molar-refractivity contribution in [2.45, 2.75) is 13.2 Å². The van der Waals surface area contributed by atoms with E-state index >= 15 is 0 Å². The number of halogens is 1. The third-order valence-electron chi connectivity index (χ3n) is 3.88. The predicted octanol–water partition coefficient (Wildman–Crippen LogP) is 4.96. The average molecular weight is 365 g/mol. The topological polar surface area (TPSA) is 40.0 Å². The molecule has 138 valence electrons. The molecule has 3 aromatic rings. The van der Waals surface area contributed by atoms with Crippen molar-refractivity contribution < 1.29 is 18.7 Å². The van der Waals surface area contributed by atoms with Gasteiger partial charge in [-0.25, -0.2) is 4.39 Å². The van der Waals surface area contributed by atoms with Crippen molar-refractivity contribution in [3.8, 4) is 11.5 Å². The van der Waals surface area contributed by atoms with E-state index in [2.05, 4.69) is 5.16 Å². The molecule has 0 radical (unpaired) electrons. The fraction of sp³-hybridized carbons (Fsp3) is 0.136. The Morgan fingerprint density at radius 3 is 2.44 bits per heavy atom. The highest BCUT2D eigenvalue weighted by molar-refractivity contribution is 5.80. The van der Waals surface area contributed by atoms with Crippen LogP contribution in [-0.4, -0.2) is 13.3 Å². The quantitative estimate of drug-likeness (QED) is 0.418. The van der Waals surface area contributed by atoms with Crippen molar-refractivity contribution in [2.24, 2.45) is 5.16 Å². The van der Waals surface area contributed by atoms with Gasteiger partial charge >= 0.3 is 0 Å². The van der Waals surface area contributed by atoms with Gasteiger partial charge in [-0.05, 0) is 29.8 Å². The molecule has 0 saturated heterocycles. The van der Waals surface area contributed by atoms with Crippen molar-refractivity contribution in [1.29, 1.82) is 0 Å². The Labute approximate surface area is 157 Å². The highest BCUT2D eigenvalue weighted by Crippen LogP contribution is 2.28. The summed E-state index contributed by atoms with van der Waals surface area (Å²) in [5.41, 5.74) is 2.32. The average Bonchev–Trinajstić information content (AvgIpc) is 2.72. The van der Waals surface area contributed by atoms with Gasteiger partial charge < -0.3 is 14.3 Å². The predicted molar refractivity (Wildman–Crippen MR) is 103 cm³/mol. The van der Waals surface area contributed by atoms with E-state index in [0.717, 1.165) is 11.1 Å². The normalized spacial score (nSPS) is 10.7. The smallest absolute Gasteiger partial charge is 0.161 e. The number of ether oxygens (including phenoxy) is 2. The molecule has 0 N–H and O–H groups in total. The lowest BCUT2D eigenvalue weighted by atomic mass is 10.2. The first-order chi connectivity index (χ1) is 13.3. The lowest BCUT2D eigenvalue weighted by Gasteiger charge is -2.11. The van der Waals surface area contributed by atoms with Crippen molar-refractivity contribution >= 4 is 6.21 Å². The van der Waals surface area contributed by atoms with Crippen LogP contribution in [0.25, 0.3) is 0 Å². The van der Waals surface area contributed by atoms with Gasteiger partial charge in [-0.3, -0.25) is 0 Å². The molecule has 0 atom stereocenters. The summed E-state index contributed by atoms with van der Waals surface area (Å²) in [5.74, 6) is 0.934. The number of rotatable bonds is 8. The highest BCUT2D eigenvalue weighted by atomic mass is 19.1. The van der Waals surface area contributed by atoms with E-state index in [1.165, 1.54) is 6.07 Å². The maximum atomic E-state index is 13.5. The number of hydrogen-bond donors (Lipinski definition) is 0. The van der Waals surface area contributed by atoms with Gasteiger partial charge in [0, 0.05) is 11.1 Å². The van der Waals surface area contributed by atoms with Crippen LogP contribution in [0.1, 0.15) is 16.7 Å². The minimum atomic E-state index is -0.311. The summed E-state index contributed by atoms with van der Waals surface area (Å²) in [5, 5.41) is 3.89. The fourth-order valence-electron chi connectivity index (χ4n) is 2.44. The van der Waals surface area contributed by atoms with Crippen LogP contribution in [0.2, 0.25) is 0 Å². The van der Waals surface area contributed by atoms with Gasteiger partial charge in [-0.15, -0.1) is 0 Å². The monoisotopic (exact) mass is 365 g/mol. The molecule has 27 heavy (non-hydrogen) atoms. The van der Waals surface area contributed by atoms with Crippen LogP contribution < -0.4 is 9.47 Å². The molecule has 0 bridgehead atoms. The van der Waals surface area contributed by atoms with Crippen LogP contribution in [0.15, 0.2) is 78.0 Å². The van der Waals surface area contributed by atoms with Crippen LogP contribution in [-0.2, 0) is 18.1 Å². The van der Waals surface area contributed by atoms with Gasteiger partial charge in [-0.1, -0.05) is 53.7 Å². The van der Waals surface area contributed by atoms with Gasteiger partial charge in [-0.2, -0.15) is 0 Å². The van der Waals surface area contributed by atoms with E-state index < -0.39 is 0 Å². The first-order valence-corrected chi connectivity index (χ1v) is 8.50. The Balaban J connectivity index is 1.59. The Morgan fingerprint density at radius 1 is 0.889 bits per heavy atom. The van der Waals surface area contributed by atoms with Gasteiger partial charge in [0.2, 0.25) is 0 Å². The second-order valence-corrected chi connectivity index (χ2v) is 5.78. The van der Waals surface area contributed by atoms with Crippen LogP contribution in [0.4, 0.5) is 4.39 Å². The Morgan fingerprint density at radius 2 is 1.67 bits per heavy atom. The summed E-state index contributed by atoms with van der Waals surface area (Å²) in [7, 11) is 1.58. The number of methoxy groups -OCH3 is 1. The Bertz CT molecular complexity index is 897. The summed E-state index contributed by atoms with van der Waals surface area (Å²) in [6.45, 7) is 0.523. The minimum absolute atomic E-state index is 0.0680. The molecule has 0 saturated carbocycles. The lowest BCUT2D eigenvalue weighted by molar-refractivity contribution is 0.129. The van der Waals surface area contributed by atoms with Gasteiger partial charge in [0.15, 0.2) is 11.5 Å². The third kappa shape index (κ3) is 5.31. The SMILES string of the molecule is COc1cc(/C=N\OCc2ccccc2F)ccc1OCc1ccccc1. The summed E-state index contributed by atoms with van der Waals surface area (Å²) < 4.78 is 24.7. The Hall–Kier alpha value is -3.34. The van der Waals surface area contributed by atoms with Crippen LogP contribution in [0.5, 0.6) is 11.5 Å². The highest BCUT2D eigenvalue weighted by Gasteiger charge is 2.06. The van der Waals surface area contributed by atoms with Crippen molar-refractivity contribution in [3.63, 3.8) is 0 Å². The van der Waals surface area contributed by atoms with Crippen LogP contribution >= 0.6 is 0 Å². The maximum Gasteiger partial charge on any atom is 0.161 e. The summed E-state index contributed by atoms with van der Waals surface area (Å²) in [4.78, 5) is 5.17. The number of nitrogens with zero attached hydrogens (tertiary/aromatic N) is 1. The van der Waals surface area contributed by atoms with E-state index in [9.17, 15) is 4.39 Å². The third-order valence-corrected chi connectivity index (χ3v) is 3.88. The fourth-order valence-corrected chi connectivity index (χ4v) is 2.44. The van der Waals surface area contributed by atoms with Crippen LogP contribution in [0, 0.1) is 5.82 Å². The molecule has 5 heteroatoms. The largest absolute Gasteiger partial charge is 0.493 e. The first-order valence-electron chi connectivity index (χ1n) is 8.50. The zero-order chi connectivity index (χ0) is 18.9. The van der Waals surface area contributed by atoms with Gasteiger partial charge in [0.1, 0.15) is 19.0 Å². The van der Waals surface area contributed by atoms with Gasteiger partial charge in [0.05, 0.1) is 13.3 Å². The first kappa shape index (κ1) is 18.5. The van der Waals surface area contributed by atoms with Crippen molar-refractivity contribution in [2.75, 3.05) is 7.11 Å². The molecule has 0 fully saturated rings. The molecule has 4 nitrogen and oxygen atoms in total. The molecule has 3 rings (SSSR count). The number of oxime groups is 1. The molecule has 0 aliphatic carbocycles. The van der Waals surface area contributed by atoms with E-state index in [1.807, 2.05) is 42.5 Å². The molecule has 0 heterocycles. The molecule has 3 aromatic carbocycles. The second-order valence-electron chi connectivity index (χ2n) is 5.78. The minimum Gasteiger partial charge on any atom is -0.493 e. The Kier molecular flexibility index (Phi) is 6.41. The molecule has 0 amide bonds. The number of benzene rings is 3. The molecule has 0 aliphatic rings. The van der Waals surface area contributed by atoms with E-state index in [1.54, 1.807) is 37.6 Å². The molecule has 0 aromatic heterocycles. The number of hydrogen-bond acceptors (Lipinski definition) is 4. The summed E-state index contributed by atoms with van der Waals surface area (Å²) in [6.07, 6.45) is 1.55. The van der Waals surface area contributed by atoms with Gasteiger partial charge in [0.25, 0.3) is 0 Å². The molecular weight excluding hydrogens is 345 g/mol. The van der Waals surface area contributed by atoms with Crippen molar-refractivity contribution in [1.82, 2.24) is 0 Å². The molecule has 0 aliphatic heterocycles. The van der Waals surface area contributed by atoms with Crippen molar-refractivity contribution in [3.05, 3.63) is 95.3 Å². The zero-order valence-electron chi connectivity index (χ0n) is 15.0.